The summed E-state index contributed by atoms with van der Waals surface area (Å²) in [6.07, 6.45) is 2.80. The first-order chi connectivity index (χ1) is 11.3. The molecule has 116 valence electrons. The molecule has 1 aromatic heterocycles. The summed E-state index contributed by atoms with van der Waals surface area (Å²) in [4.78, 5) is 14.2. The predicted molar refractivity (Wildman–Crippen MR) is 92.9 cm³/mol. The minimum absolute atomic E-state index is 0.271. The van der Waals surface area contributed by atoms with E-state index in [-0.39, 0.29) is 5.91 Å². The van der Waals surface area contributed by atoms with Gasteiger partial charge < -0.3 is 9.47 Å². The molecule has 0 radical (unpaired) electrons. The molecule has 2 aromatic carbocycles. The average molecular weight is 304 g/mol. The van der Waals surface area contributed by atoms with E-state index in [4.69, 9.17) is 0 Å². The fourth-order valence-corrected chi connectivity index (χ4v) is 3.39. The van der Waals surface area contributed by atoms with Crippen LogP contribution in [0.4, 0.5) is 0 Å². The number of nitrogens with zero attached hydrogens (tertiary/aromatic N) is 2. The quantitative estimate of drug-likeness (QED) is 0.709. The van der Waals surface area contributed by atoms with E-state index in [1.54, 1.807) is 0 Å². The summed E-state index contributed by atoms with van der Waals surface area (Å²) >= 11 is 0. The summed E-state index contributed by atoms with van der Waals surface area (Å²) in [6, 6.07) is 21.0. The standard InChI is InChI=1S/C20H20N2O/c23-20-12-6-7-13-21(20)15-22-18-11-5-4-10-17(18)14-19(22)16-8-2-1-3-9-16/h1-5,8-11,14H,6-7,12-13,15H2. The summed E-state index contributed by atoms with van der Waals surface area (Å²) in [6.45, 7) is 1.50. The monoisotopic (exact) mass is 304 g/mol. The Balaban J connectivity index is 1.81. The van der Waals surface area contributed by atoms with E-state index >= 15 is 0 Å². The van der Waals surface area contributed by atoms with Gasteiger partial charge in [-0.3, -0.25) is 4.79 Å². The number of para-hydroxylation sites is 1. The van der Waals surface area contributed by atoms with Crippen molar-refractivity contribution < 1.29 is 4.79 Å². The maximum Gasteiger partial charge on any atom is 0.223 e. The number of fused-ring (bicyclic) bond motifs is 1. The summed E-state index contributed by atoms with van der Waals surface area (Å²) in [5, 5.41) is 1.22. The van der Waals surface area contributed by atoms with Crippen LogP contribution >= 0.6 is 0 Å². The number of amides is 1. The van der Waals surface area contributed by atoms with Gasteiger partial charge in [0, 0.05) is 18.4 Å². The first-order valence-corrected chi connectivity index (χ1v) is 8.24. The van der Waals surface area contributed by atoms with Gasteiger partial charge in [-0.25, -0.2) is 0 Å². The van der Waals surface area contributed by atoms with Crippen LogP contribution < -0.4 is 0 Å². The second-order valence-electron chi connectivity index (χ2n) is 6.14. The van der Waals surface area contributed by atoms with E-state index < -0.39 is 0 Å². The van der Waals surface area contributed by atoms with Crippen LogP contribution in [-0.2, 0) is 11.5 Å². The first-order valence-electron chi connectivity index (χ1n) is 8.24. The molecule has 1 amide bonds. The molecular weight excluding hydrogens is 284 g/mol. The van der Waals surface area contributed by atoms with Gasteiger partial charge in [-0.05, 0) is 30.5 Å². The van der Waals surface area contributed by atoms with Crippen molar-refractivity contribution in [2.75, 3.05) is 6.54 Å². The van der Waals surface area contributed by atoms with E-state index in [9.17, 15) is 4.79 Å². The number of likely N-dealkylation sites (tertiary alicyclic amines) is 1. The van der Waals surface area contributed by atoms with Crippen molar-refractivity contribution in [3.05, 3.63) is 60.7 Å². The molecule has 1 saturated heterocycles. The fourth-order valence-electron chi connectivity index (χ4n) is 3.39. The Labute approximate surface area is 136 Å². The van der Waals surface area contributed by atoms with Crippen molar-refractivity contribution in [2.45, 2.75) is 25.9 Å². The second-order valence-corrected chi connectivity index (χ2v) is 6.14. The summed E-state index contributed by atoms with van der Waals surface area (Å²) in [5.74, 6) is 0.271. The van der Waals surface area contributed by atoms with Crippen LogP contribution in [0.1, 0.15) is 19.3 Å². The van der Waals surface area contributed by atoms with Crippen molar-refractivity contribution >= 4 is 16.8 Å². The van der Waals surface area contributed by atoms with Gasteiger partial charge in [0.05, 0.1) is 17.9 Å². The largest absolute Gasteiger partial charge is 0.325 e. The van der Waals surface area contributed by atoms with Crippen molar-refractivity contribution in [1.82, 2.24) is 9.47 Å². The Morgan fingerprint density at radius 3 is 2.52 bits per heavy atom. The predicted octanol–water partition coefficient (Wildman–Crippen LogP) is 4.28. The number of hydrogen-bond donors (Lipinski definition) is 0. The third-order valence-electron chi connectivity index (χ3n) is 4.61. The van der Waals surface area contributed by atoms with Crippen molar-refractivity contribution in [2.24, 2.45) is 0 Å². The normalized spacial score (nSPS) is 15.3. The summed E-state index contributed by atoms with van der Waals surface area (Å²) in [5.41, 5.74) is 3.54. The molecule has 4 rings (SSSR count). The minimum atomic E-state index is 0.271. The van der Waals surface area contributed by atoms with E-state index in [0.717, 1.165) is 19.4 Å². The molecule has 0 aliphatic carbocycles. The number of rotatable bonds is 3. The third kappa shape index (κ3) is 2.63. The number of benzene rings is 2. The van der Waals surface area contributed by atoms with E-state index in [1.807, 2.05) is 11.0 Å². The summed E-state index contributed by atoms with van der Waals surface area (Å²) in [7, 11) is 0. The van der Waals surface area contributed by atoms with Crippen LogP contribution in [0.2, 0.25) is 0 Å². The maximum atomic E-state index is 12.2. The first kappa shape index (κ1) is 14.1. The summed E-state index contributed by atoms with van der Waals surface area (Å²) < 4.78 is 2.27. The molecule has 0 spiro atoms. The highest BCUT2D eigenvalue weighted by Gasteiger charge is 2.20. The van der Waals surface area contributed by atoms with E-state index in [0.29, 0.717) is 13.1 Å². The highest BCUT2D eigenvalue weighted by Crippen LogP contribution is 2.29. The molecule has 3 heteroatoms. The molecule has 0 atom stereocenters. The van der Waals surface area contributed by atoms with Crippen LogP contribution in [0.5, 0.6) is 0 Å². The van der Waals surface area contributed by atoms with E-state index in [1.165, 1.54) is 22.2 Å². The van der Waals surface area contributed by atoms with Gasteiger partial charge in [0.2, 0.25) is 5.91 Å². The molecule has 0 unspecified atom stereocenters. The van der Waals surface area contributed by atoms with Crippen LogP contribution in [0.3, 0.4) is 0 Å². The number of hydrogen-bond acceptors (Lipinski definition) is 1. The Bertz CT molecular complexity index is 835. The van der Waals surface area contributed by atoms with Gasteiger partial charge in [-0.15, -0.1) is 0 Å². The lowest BCUT2D eigenvalue weighted by Gasteiger charge is -2.28. The molecule has 0 bridgehead atoms. The molecule has 3 aromatic rings. The van der Waals surface area contributed by atoms with E-state index in [2.05, 4.69) is 59.2 Å². The van der Waals surface area contributed by atoms with Gasteiger partial charge in [-0.2, -0.15) is 0 Å². The molecule has 1 aliphatic heterocycles. The zero-order valence-electron chi connectivity index (χ0n) is 13.1. The Morgan fingerprint density at radius 2 is 1.70 bits per heavy atom. The lowest BCUT2D eigenvalue weighted by molar-refractivity contribution is -0.134. The lowest BCUT2D eigenvalue weighted by atomic mass is 10.1. The number of carbonyl (C=O) groups is 1. The van der Waals surface area contributed by atoms with Crippen LogP contribution in [0, 0.1) is 0 Å². The number of carbonyl (C=O) groups excluding carboxylic acids is 1. The molecule has 3 nitrogen and oxygen atoms in total. The number of aromatic nitrogens is 1. The SMILES string of the molecule is O=C1CCCCN1Cn1c(-c2ccccc2)cc2ccccc21. The molecule has 1 fully saturated rings. The molecule has 2 heterocycles. The average Bonchev–Trinajstić information content (AvgIpc) is 2.96. The molecule has 0 N–H and O–H groups in total. The Hall–Kier alpha value is -2.55. The van der Waals surface area contributed by atoms with Crippen LogP contribution in [0.25, 0.3) is 22.2 Å². The topological polar surface area (TPSA) is 25.2 Å². The van der Waals surface area contributed by atoms with Crippen molar-refractivity contribution in [1.29, 1.82) is 0 Å². The lowest BCUT2D eigenvalue weighted by Crippen LogP contribution is -2.36. The maximum absolute atomic E-state index is 12.2. The minimum Gasteiger partial charge on any atom is -0.325 e. The second kappa shape index (κ2) is 5.92. The molecule has 23 heavy (non-hydrogen) atoms. The van der Waals surface area contributed by atoms with Gasteiger partial charge in [0.15, 0.2) is 0 Å². The highest BCUT2D eigenvalue weighted by molar-refractivity contribution is 5.87. The zero-order chi connectivity index (χ0) is 15.6. The van der Waals surface area contributed by atoms with Gasteiger partial charge in [0.25, 0.3) is 0 Å². The van der Waals surface area contributed by atoms with Crippen molar-refractivity contribution in [3.63, 3.8) is 0 Å². The molecule has 1 aliphatic rings. The van der Waals surface area contributed by atoms with Crippen LogP contribution in [0.15, 0.2) is 60.7 Å². The number of piperidine rings is 1. The Morgan fingerprint density at radius 1 is 0.913 bits per heavy atom. The molecular formula is C20H20N2O. The smallest absolute Gasteiger partial charge is 0.223 e. The van der Waals surface area contributed by atoms with Crippen molar-refractivity contribution in [3.8, 4) is 11.3 Å². The molecule has 0 saturated carbocycles. The van der Waals surface area contributed by atoms with Gasteiger partial charge >= 0.3 is 0 Å². The fraction of sp³-hybridized carbons (Fsp3) is 0.250. The highest BCUT2D eigenvalue weighted by atomic mass is 16.2. The third-order valence-corrected chi connectivity index (χ3v) is 4.61. The van der Waals surface area contributed by atoms with Gasteiger partial charge in [-0.1, -0.05) is 48.5 Å². The Kier molecular flexibility index (Phi) is 3.62. The van der Waals surface area contributed by atoms with Crippen LogP contribution in [-0.4, -0.2) is 21.9 Å². The zero-order valence-corrected chi connectivity index (χ0v) is 13.1. The van der Waals surface area contributed by atoms with Gasteiger partial charge in [0.1, 0.15) is 0 Å².